The van der Waals surface area contributed by atoms with Gasteiger partial charge in [0.1, 0.15) is 0 Å². The Balaban J connectivity index is 1.89. The molecule has 0 aromatic heterocycles. The molecule has 0 saturated carbocycles. The van der Waals surface area contributed by atoms with Gasteiger partial charge in [0.15, 0.2) is 0 Å². The Morgan fingerprint density at radius 2 is 2.17 bits per heavy atom. The second-order valence-electron chi connectivity index (χ2n) is 6.49. The van der Waals surface area contributed by atoms with Crippen molar-refractivity contribution in [3.63, 3.8) is 0 Å². The molecule has 0 radical (unpaired) electrons. The van der Waals surface area contributed by atoms with Crippen LogP contribution in [-0.4, -0.2) is 50.1 Å². The van der Waals surface area contributed by atoms with Gasteiger partial charge in [-0.3, -0.25) is 4.79 Å². The number of rotatable bonds is 3. The van der Waals surface area contributed by atoms with Gasteiger partial charge in [0, 0.05) is 18.0 Å². The first kappa shape index (κ1) is 13.8. The maximum Gasteiger partial charge on any atom is 0.226 e. The average molecular weight is 253 g/mol. The van der Waals surface area contributed by atoms with E-state index in [1.165, 1.54) is 6.42 Å². The molecule has 2 aliphatic rings. The Labute approximate surface area is 110 Å². The summed E-state index contributed by atoms with van der Waals surface area (Å²) in [5, 5.41) is 6.65. The topological polar surface area (TPSA) is 44.4 Å². The number of nitrogens with zero attached hydrogens (tertiary/aromatic N) is 1. The number of piperidine rings is 1. The zero-order valence-corrected chi connectivity index (χ0v) is 12.0. The van der Waals surface area contributed by atoms with Crippen LogP contribution < -0.4 is 10.6 Å². The maximum absolute atomic E-state index is 12.5. The molecule has 2 aliphatic heterocycles. The van der Waals surface area contributed by atoms with Crippen molar-refractivity contribution in [3.8, 4) is 0 Å². The number of nitrogens with one attached hydrogen (secondary N) is 2. The highest BCUT2D eigenvalue weighted by atomic mass is 16.2. The second-order valence-corrected chi connectivity index (χ2v) is 6.49. The van der Waals surface area contributed by atoms with E-state index in [1.807, 2.05) is 0 Å². The molecule has 0 aliphatic carbocycles. The predicted molar refractivity (Wildman–Crippen MR) is 73.4 cm³/mol. The standard InChI is InChI=1S/C14H27N3O/c1-14(2,11-5-4-7-15-9-11)13(18)16-12-6-8-17(3)10-12/h11-12,15H,4-10H2,1-3H3,(H,16,18). The van der Waals surface area contributed by atoms with E-state index in [0.29, 0.717) is 12.0 Å². The molecule has 4 heteroatoms. The minimum Gasteiger partial charge on any atom is -0.352 e. The summed E-state index contributed by atoms with van der Waals surface area (Å²) in [5.74, 6) is 0.696. The lowest BCUT2D eigenvalue weighted by molar-refractivity contribution is -0.133. The highest BCUT2D eigenvalue weighted by molar-refractivity contribution is 5.82. The van der Waals surface area contributed by atoms with Gasteiger partial charge in [0.05, 0.1) is 0 Å². The van der Waals surface area contributed by atoms with E-state index < -0.39 is 0 Å². The number of likely N-dealkylation sites (N-methyl/N-ethyl adjacent to an activating group) is 1. The van der Waals surface area contributed by atoms with Crippen molar-refractivity contribution in [3.05, 3.63) is 0 Å². The molecular weight excluding hydrogens is 226 g/mol. The van der Waals surface area contributed by atoms with E-state index in [4.69, 9.17) is 0 Å². The summed E-state index contributed by atoms with van der Waals surface area (Å²) in [4.78, 5) is 14.7. The van der Waals surface area contributed by atoms with Crippen molar-refractivity contribution in [2.75, 3.05) is 33.2 Å². The van der Waals surface area contributed by atoms with Gasteiger partial charge in [0.25, 0.3) is 0 Å². The lowest BCUT2D eigenvalue weighted by atomic mass is 9.74. The van der Waals surface area contributed by atoms with Crippen molar-refractivity contribution in [2.24, 2.45) is 11.3 Å². The average Bonchev–Trinajstić information content (AvgIpc) is 2.76. The molecule has 2 atom stereocenters. The smallest absolute Gasteiger partial charge is 0.226 e. The van der Waals surface area contributed by atoms with Gasteiger partial charge in [-0.25, -0.2) is 0 Å². The van der Waals surface area contributed by atoms with Crippen LogP contribution in [0, 0.1) is 11.3 Å². The number of hydrogen-bond donors (Lipinski definition) is 2. The van der Waals surface area contributed by atoms with Crippen LogP contribution in [0.1, 0.15) is 33.1 Å². The van der Waals surface area contributed by atoms with Crippen LogP contribution in [0.2, 0.25) is 0 Å². The molecule has 2 rings (SSSR count). The first-order valence-electron chi connectivity index (χ1n) is 7.20. The van der Waals surface area contributed by atoms with Crippen molar-refractivity contribution in [1.29, 1.82) is 0 Å². The number of hydrogen-bond acceptors (Lipinski definition) is 3. The molecule has 0 bridgehead atoms. The summed E-state index contributed by atoms with van der Waals surface area (Å²) in [7, 11) is 2.11. The van der Waals surface area contributed by atoms with E-state index in [2.05, 4.69) is 36.4 Å². The van der Waals surface area contributed by atoms with Gasteiger partial charge >= 0.3 is 0 Å². The van der Waals surface area contributed by atoms with Crippen LogP contribution in [0.4, 0.5) is 0 Å². The summed E-state index contributed by atoms with van der Waals surface area (Å²) in [6.45, 7) is 8.35. The Morgan fingerprint density at radius 3 is 2.72 bits per heavy atom. The quantitative estimate of drug-likeness (QED) is 0.783. The summed E-state index contributed by atoms with van der Waals surface area (Å²) in [6.07, 6.45) is 3.44. The zero-order chi connectivity index (χ0) is 13.2. The molecule has 2 heterocycles. The fourth-order valence-corrected chi connectivity index (χ4v) is 3.08. The second kappa shape index (κ2) is 5.57. The third kappa shape index (κ3) is 3.04. The molecule has 18 heavy (non-hydrogen) atoms. The van der Waals surface area contributed by atoms with E-state index in [0.717, 1.165) is 39.0 Å². The van der Waals surface area contributed by atoms with Crippen LogP contribution in [0.25, 0.3) is 0 Å². The van der Waals surface area contributed by atoms with E-state index in [9.17, 15) is 4.79 Å². The van der Waals surface area contributed by atoms with E-state index in [1.54, 1.807) is 0 Å². The molecule has 0 aromatic rings. The van der Waals surface area contributed by atoms with Crippen molar-refractivity contribution in [2.45, 2.75) is 39.2 Å². The molecule has 2 N–H and O–H groups in total. The fraction of sp³-hybridized carbons (Fsp3) is 0.929. The molecule has 2 fully saturated rings. The van der Waals surface area contributed by atoms with Gasteiger partial charge in [-0.15, -0.1) is 0 Å². The third-order valence-corrected chi connectivity index (χ3v) is 4.63. The highest BCUT2D eigenvalue weighted by Gasteiger charge is 2.38. The fourth-order valence-electron chi connectivity index (χ4n) is 3.08. The normalized spacial score (nSPS) is 30.4. The van der Waals surface area contributed by atoms with Crippen molar-refractivity contribution >= 4 is 5.91 Å². The summed E-state index contributed by atoms with van der Waals surface area (Å²) >= 11 is 0. The molecular formula is C14H27N3O. The lowest BCUT2D eigenvalue weighted by Crippen LogP contribution is -2.50. The van der Waals surface area contributed by atoms with Crippen LogP contribution in [0.3, 0.4) is 0 Å². The Hall–Kier alpha value is -0.610. The molecule has 1 amide bonds. The van der Waals surface area contributed by atoms with Crippen LogP contribution >= 0.6 is 0 Å². The maximum atomic E-state index is 12.5. The summed E-state index contributed by atoms with van der Waals surface area (Å²) < 4.78 is 0. The third-order valence-electron chi connectivity index (χ3n) is 4.63. The van der Waals surface area contributed by atoms with Crippen LogP contribution in [0.15, 0.2) is 0 Å². The molecule has 4 nitrogen and oxygen atoms in total. The number of likely N-dealkylation sites (tertiary alicyclic amines) is 1. The molecule has 2 unspecified atom stereocenters. The molecule has 2 saturated heterocycles. The minimum atomic E-state index is -0.255. The van der Waals surface area contributed by atoms with E-state index in [-0.39, 0.29) is 11.3 Å². The summed E-state index contributed by atoms with van der Waals surface area (Å²) in [5.41, 5.74) is -0.255. The molecule has 0 spiro atoms. The summed E-state index contributed by atoms with van der Waals surface area (Å²) in [6, 6.07) is 0.346. The molecule has 0 aromatic carbocycles. The van der Waals surface area contributed by atoms with Gasteiger partial charge < -0.3 is 15.5 Å². The van der Waals surface area contributed by atoms with Gasteiger partial charge in [-0.1, -0.05) is 13.8 Å². The van der Waals surface area contributed by atoms with Crippen LogP contribution in [-0.2, 0) is 4.79 Å². The van der Waals surface area contributed by atoms with Gasteiger partial charge in [0.2, 0.25) is 5.91 Å². The first-order valence-corrected chi connectivity index (χ1v) is 7.20. The number of amides is 1. The Kier molecular flexibility index (Phi) is 4.28. The zero-order valence-electron chi connectivity index (χ0n) is 12.0. The lowest BCUT2D eigenvalue weighted by Gasteiger charge is -2.36. The van der Waals surface area contributed by atoms with Crippen molar-refractivity contribution < 1.29 is 4.79 Å². The first-order chi connectivity index (χ1) is 8.50. The highest BCUT2D eigenvalue weighted by Crippen LogP contribution is 2.32. The largest absolute Gasteiger partial charge is 0.352 e. The monoisotopic (exact) mass is 253 g/mol. The van der Waals surface area contributed by atoms with Gasteiger partial charge in [-0.2, -0.15) is 0 Å². The SMILES string of the molecule is CN1CCC(NC(=O)C(C)(C)C2CCCNC2)C1. The number of carbonyl (C=O) groups is 1. The predicted octanol–water partition coefficient (Wildman–Crippen LogP) is 0.833. The molecule has 104 valence electrons. The Morgan fingerprint density at radius 1 is 1.39 bits per heavy atom. The minimum absolute atomic E-state index is 0.233. The van der Waals surface area contributed by atoms with Crippen LogP contribution in [0.5, 0.6) is 0 Å². The van der Waals surface area contributed by atoms with Crippen molar-refractivity contribution in [1.82, 2.24) is 15.5 Å². The number of carbonyl (C=O) groups excluding carboxylic acids is 1. The van der Waals surface area contributed by atoms with Gasteiger partial charge in [-0.05, 0) is 51.9 Å². The Bertz CT molecular complexity index is 297. The van der Waals surface area contributed by atoms with E-state index >= 15 is 0 Å².